The van der Waals surface area contributed by atoms with Gasteiger partial charge in [-0.1, -0.05) is 24.3 Å². The number of amides is 2. The second-order valence-corrected chi connectivity index (χ2v) is 8.83. The summed E-state index contributed by atoms with van der Waals surface area (Å²) in [5, 5.41) is 3.13. The Balaban J connectivity index is 1.20. The van der Waals surface area contributed by atoms with Crippen molar-refractivity contribution >= 4 is 11.8 Å². The molecule has 6 nitrogen and oxygen atoms in total. The molecule has 0 saturated carbocycles. The molecule has 0 bridgehead atoms. The van der Waals surface area contributed by atoms with Gasteiger partial charge in [-0.2, -0.15) is 0 Å². The Bertz CT molecular complexity index is 1020. The summed E-state index contributed by atoms with van der Waals surface area (Å²) in [7, 11) is 0. The summed E-state index contributed by atoms with van der Waals surface area (Å²) in [5.41, 5.74) is 4.96. The average molecular weight is 421 g/mol. The van der Waals surface area contributed by atoms with Crippen LogP contribution in [0.5, 0.6) is 11.5 Å². The molecule has 3 aliphatic rings. The third kappa shape index (κ3) is 4.11. The number of benzene rings is 2. The predicted molar refractivity (Wildman–Crippen MR) is 116 cm³/mol. The smallest absolute Gasteiger partial charge is 0.231 e. The summed E-state index contributed by atoms with van der Waals surface area (Å²) >= 11 is 0. The summed E-state index contributed by atoms with van der Waals surface area (Å²) in [4.78, 5) is 27.2. The number of rotatable bonds is 5. The van der Waals surface area contributed by atoms with Gasteiger partial charge in [0.1, 0.15) is 0 Å². The molecule has 1 fully saturated rings. The van der Waals surface area contributed by atoms with Crippen LogP contribution in [-0.2, 0) is 29.0 Å². The largest absolute Gasteiger partial charge is 0.454 e. The second kappa shape index (κ2) is 8.25. The molecule has 2 aliphatic heterocycles. The molecule has 0 aromatic heterocycles. The first-order valence-corrected chi connectivity index (χ1v) is 11.2. The van der Waals surface area contributed by atoms with Crippen molar-refractivity contribution in [2.75, 3.05) is 13.3 Å². The minimum absolute atomic E-state index is 0.0132. The molecule has 2 aromatic rings. The number of hydrogen-bond donors (Lipinski definition) is 1. The standard InChI is InChI=1S/C25H28N2O4/c1-16(19-8-7-18-4-2-3-5-20(18)11-19)26-25(29)21-12-24(28)27(14-21)13-17-6-9-22-23(10-17)31-15-30-22/h6-11,16,21H,2-5,12-15H2,1H3,(H,26,29). The predicted octanol–water partition coefficient (Wildman–Crippen LogP) is 3.52. The third-order valence-electron chi connectivity index (χ3n) is 6.63. The molecule has 5 rings (SSSR count). The van der Waals surface area contributed by atoms with Crippen LogP contribution in [0.3, 0.4) is 0 Å². The lowest BCUT2D eigenvalue weighted by atomic mass is 9.89. The van der Waals surface area contributed by atoms with E-state index < -0.39 is 0 Å². The van der Waals surface area contributed by atoms with E-state index in [4.69, 9.17) is 9.47 Å². The molecule has 1 N–H and O–H groups in total. The minimum atomic E-state index is -0.318. The minimum Gasteiger partial charge on any atom is -0.454 e. The number of nitrogens with zero attached hydrogens (tertiary/aromatic N) is 1. The van der Waals surface area contributed by atoms with E-state index in [0.29, 0.717) is 18.8 Å². The first kappa shape index (κ1) is 19.9. The van der Waals surface area contributed by atoms with Crippen LogP contribution in [0.15, 0.2) is 36.4 Å². The molecular formula is C25H28N2O4. The molecule has 31 heavy (non-hydrogen) atoms. The lowest BCUT2D eigenvalue weighted by Crippen LogP contribution is -2.34. The van der Waals surface area contributed by atoms with Gasteiger partial charge >= 0.3 is 0 Å². The van der Waals surface area contributed by atoms with Gasteiger partial charge in [-0.15, -0.1) is 0 Å². The third-order valence-corrected chi connectivity index (χ3v) is 6.63. The summed E-state index contributed by atoms with van der Waals surface area (Å²) < 4.78 is 10.8. The Kier molecular flexibility index (Phi) is 5.30. The van der Waals surface area contributed by atoms with Crippen LogP contribution in [0.25, 0.3) is 0 Å². The van der Waals surface area contributed by atoms with Gasteiger partial charge in [0.15, 0.2) is 11.5 Å². The van der Waals surface area contributed by atoms with Crippen LogP contribution in [0.1, 0.15) is 54.5 Å². The van der Waals surface area contributed by atoms with Crippen LogP contribution in [0, 0.1) is 5.92 Å². The van der Waals surface area contributed by atoms with E-state index in [2.05, 4.69) is 23.5 Å². The zero-order chi connectivity index (χ0) is 21.4. The van der Waals surface area contributed by atoms with E-state index >= 15 is 0 Å². The zero-order valence-corrected chi connectivity index (χ0v) is 17.9. The first-order chi connectivity index (χ1) is 15.1. The highest BCUT2D eigenvalue weighted by Gasteiger charge is 2.35. The SMILES string of the molecule is CC(NC(=O)C1CC(=O)N(Cc2ccc3c(c2)OCO3)C1)c1ccc2c(c1)CCCC2. The van der Waals surface area contributed by atoms with Gasteiger partial charge in [-0.3, -0.25) is 9.59 Å². The topological polar surface area (TPSA) is 67.9 Å². The highest BCUT2D eigenvalue weighted by atomic mass is 16.7. The summed E-state index contributed by atoms with van der Waals surface area (Å²) in [6, 6.07) is 12.2. The highest BCUT2D eigenvalue weighted by molar-refractivity contribution is 5.89. The van der Waals surface area contributed by atoms with E-state index in [1.807, 2.05) is 25.1 Å². The van der Waals surface area contributed by atoms with E-state index in [0.717, 1.165) is 29.7 Å². The second-order valence-electron chi connectivity index (χ2n) is 8.83. The maximum atomic E-state index is 12.9. The molecule has 0 radical (unpaired) electrons. The van der Waals surface area contributed by atoms with Gasteiger partial charge in [0.2, 0.25) is 18.6 Å². The van der Waals surface area contributed by atoms with Crippen LogP contribution in [-0.4, -0.2) is 30.1 Å². The fourth-order valence-corrected chi connectivity index (χ4v) is 4.80. The number of ether oxygens (including phenoxy) is 2. The Hall–Kier alpha value is -3.02. The molecule has 1 aliphatic carbocycles. The summed E-state index contributed by atoms with van der Waals surface area (Å²) in [6.45, 7) is 3.16. The number of nitrogens with one attached hydrogen (secondary N) is 1. The maximum absolute atomic E-state index is 12.9. The van der Waals surface area contributed by atoms with Crippen molar-refractivity contribution in [3.8, 4) is 11.5 Å². The van der Waals surface area contributed by atoms with Crippen LogP contribution < -0.4 is 14.8 Å². The highest BCUT2D eigenvalue weighted by Crippen LogP contribution is 2.33. The lowest BCUT2D eigenvalue weighted by molar-refractivity contribution is -0.129. The summed E-state index contributed by atoms with van der Waals surface area (Å²) in [6.07, 6.45) is 5.03. The number of likely N-dealkylation sites (tertiary alicyclic amines) is 1. The Morgan fingerprint density at radius 1 is 1.10 bits per heavy atom. The number of carbonyl (C=O) groups excluding carboxylic acids is 2. The molecule has 2 atom stereocenters. The molecule has 6 heteroatoms. The van der Waals surface area contributed by atoms with E-state index in [1.54, 1.807) is 4.90 Å². The van der Waals surface area contributed by atoms with E-state index in [1.165, 1.54) is 24.0 Å². The van der Waals surface area contributed by atoms with Gasteiger partial charge in [0.05, 0.1) is 12.0 Å². The van der Waals surface area contributed by atoms with Gasteiger partial charge in [-0.05, 0) is 67.0 Å². The molecule has 1 saturated heterocycles. The molecule has 0 spiro atoms. The van der Waals surface area contributed by atoms with Gasteiger partial charge in [-0.25, -0.2) is 0 Å². The van der Waals surface area contributed by atoms with Crippen molar-refractivity contribution in [2.24, 2.45) is 5.92 Å². The lowest BCUT2D eigenvalue weighted by Gasteiger charge is -2.21. The molecule has 2 unspecified atom stereocenters. The Labute approximate surface area is 182 Å². The quantitative estimate of drug-likeness (QED) is 0.804. The van der Waals surface area contributed by atoms with Crippen molar-refractivity contribution in [3.63, 3.8) is 0 Å². The van der Waals surface area contributed by atoms with E-state index in [-0.39, 0.29) is 37.0 Å². The normalized spacial score (nSPS) is 20.5. The van der Waals surface area contributed by atoms with Crippen molar-refractivity contribution in [1.82, 2.24) is 10.2 Å². The Morgan fingerprint density at radius 3 is 2.77 bits per heavy atom. The number of hydrogen-bond acceptors (Lipinski definition) is 4. The van der Waals surface area contributed by atoms with Crippen LogP contribution in [0.2, 0.25) is 0 Å². The first-order valence-electron chi connectivity index (χ1n) is 11.2. The van der Waals surface area contributed by atoms with E-state index in [9.17, 15) is 9.59 Å². The molecule has 2 heterocycles. The van der Waals surface area contributed by atoms with Crippen molar-refractivity contribution in [2.45, 2.75) is 51.6 Å². The molecule has 2 amide bonds. The van der Waals surface area contributed by atoms with Crippen LogP contribution in [0.4, 0.5) is 0 Å². The fourth-order valence-electron chi connectivity index (χ4n) is 4.80. The van der Waals surface area contributed by atoms with Crippen LogP contribution >= 0.6 is 0 Å². The Morgan fingerprint density at radius 2 is 1.90 bits per heavy atom. The summed E-state index contributed by atoms with van der Waals surface area (Å²) in [5.74, 6) is 1.08. The number of carbonyl (C=O) groups is 2. The fraction of sp³-hybridized carbons (Fsp3) is 0.440. The number of aryl methyl sites for hydroxylation is 2. The van der Waals surface area contributed by atoms with Crippen molar-refractivity contribution in [3.05, 3.63) is 58.7 Å². The van der Waals surface area contributed by atoms with Crippen molar-refractivity contribution in [1.29, 1.82) is 0 Å². The van der Waals surface area contributed by atoms with Gasteiger partial charge < -0.3 is 19.7 Å². The van der Waals surface area contributed by atoms with Gasteiger partial charge in [0, 0.05) is 19.5 Å². The number of fused-ring (bicyclic) bond motifs is 2. The monoisotopic (exact) mass is 420 g/mol. The van der Waals surface area contributed by atoms with Gasteiger partial charge in [0.25, 0.3) is 0 Å². The van der Waals surface area contributed by atoms with Crippen molar-refractivity contribution < 1.29 is 19.1 Å². The molecule has 2 aromatic carbocycles. The molecular weight excluding hydrogens is 392 g/mol. The molecule has 162 valence electrons. The zero-order valence-electron chi connectivity index (χ0n) is 17.9. The average Bonchev–Trinajstić information content (AvgIpc) is 3.39. The maximum Gasteiger partial charge on any atom is 0.231 e.